The van der Waals surface area contributed by atoms with Crippen LogP contribution in [0.4, 0.5) is 4.79 Å². The molecule has 1 atom stereocenters. The van der Waals surface area contributed by atoms with Gasteiger partial charge in [0.15, 0.2) is 6.54 Å². The van der Waals surface area contributed by atoms with Gasteiger partial charge in [0.1, 0.15) is 0 Å². The number of quaternary nitrogens is 1. The van der Waals surface area contributed by atoms with Crippen LogP contribution in [-0.2, 0) is 9.53 Å². The quantitative estimate of drug-likeness (QED) is 0.829. The summed E-state index contributed by atoms with van der Waals surface area (Å²) in [7, 11) is 0. The maximum absolute atomic E-state index is 12.3. The normalized spacial score (nSPS) is 16.4. The average molecular weight is 348 g/mol. The lowest BCUT2D eigenvalue weighted by atomic mass is 10.0. The molecule has 1 heterocycles. The van der Waals surface area contributed by atoms with Crippen molar-refractivity contribution in [2.75, 3.05) is 39.3 Å². The van der Waals surface area contributed by atoms with Gasteiger partial charge >= 0.3 is 6.09 Å². The Morgan fingerprint density at radius 1 is 1.24 bits per heavy atom. The molecule has 0 bridgehead atoms. The number of hydrogen-bond donors (Lipinski definition) is 2. The van der Waals surface area contributed by atoms with Gasteiger partial charge in [-0.05, 0) is 44.4 Å². The zero-order valence-corrected chi connectivity index (χ0v) is 15.7. The Kier molecular flexibility index (Phi) is 6.82. The lowest BCUT2D eigenvalue weighted by Gasteiger charge is -2.31. The maximum atomic E-state index is 12.3. The van der Waals surface area contributed by atoms with E-state index < -0.39 is 0 Å². The fraction of sp³-hybridized carbons (Fsp3) is 0.579. The number of ether oxygens (including phenoxy) is 1. The standard InChI is InChI=1S/C19H29N3O3/c1-5-25-19(24)22-10-8-21(9-11-22)13-18(23)20-16(4)17-7-6-14(2)15(3)12-17/h6-7,12,16H,5,8-11,13H2,1-4H3,(H,20,23)/p+1/t16-/m1/s1. The molecule has 1 aromatic rings. The van der Waals surface area contributed by atoms with Crippen LogP contribution in [0.5, 0.6) is 0 Å². The Balaban J connectivity index is 1.79. The van der Waals surface area contributed by atoms with E-state index in [1.165, 1.54) is 16.0 Å². The Hall–Kier alpha value is -2.08. The van der Waals surface area contributed by atoms with Gasteiger partial charge in [-0.3, -0.25) is 9.69 Å². The molecule has 0 saturated carbocycles. The molecule has 138 valence electrons. The van der Waals surface area contributed by atoms with Gasteiger partial charge in [-0.15, -0.1) is 0 Å². The molecule has 6 heteroatoms. The number of aryl methyl sites for hydroxylation is 2. The molecular formula is C19H30N3O3+. The summed E-state index contributed by atoms with van der Waals surface area (Å²) in [5, 5.41) is 3.08. The number of rotatable bonds is 5. The molecular weight excluding hydrogens is 318 g/mol. The molecule has 1 saturated heterocycles. The van der Waals surface area contributed by atoms with Crippen LogP contribution < -0.4 is 10.2 Å². The smallest absolute Gasteiger partial charge is 0.410 e. The molecule has 0 aliphatic carbocycles. The second-order valence-corrected chi connectivity index (χ2v) is 6.75. The minimum atomic E-state index is -0.255. The molecule has 2 amide bonds. The Bertz CT molecular complexity index is 610. The van der Waals surface area contributed by atoms with Crippen LogP contribution >= 0.6 is 0 Å². The fourth-order valence-corrected chi connectivity index (χ4v) is 3.03. The van der Waals surface area contributed by atoms with Gasteiger partial charge in [0.05, 0.1) is 38.8 Å². The zero-order chi connectivity index (χ0) is 18.4. The lowest BCUT2D eigenvalue weighted by molar-refractivity contribution is -0.896. The van der Waals surface area contributed by atoms with Gasteiger partial charge < -0.3 is 15.0 Å². The molecule has 0 radical (unpaired) electrons. The summed E-state index contributed by atoms with van der Waals surface area (Å²) in [5.41, 5.74) is 3.61. The minimum absolute atomic E-state index is 0.00739. The molecule has 1 aliphatic heterocycles. The van der Waals surface area contributed by atoms with Crippen molar-refractivity contribution in [3.63, 3.8) is 0 Å². The molecule has 0 spiro atoms. The number of benzene rings is 1. The highest BCUT2D eigenvalue weighted by atomic mass is 16.6. The van der Waals surface area contributed by atoms with Crippen molar-refractivity contribution < 1.29 is 19.2 Å². The Morgan fingerprint density at radius 2 is 1.92 bits per heavy atom. The number of amides is 2. The van der Waals surface area contributed by atoms with Gasteiger partial charge in [-0.25, -0.2) is 4.79 Å². The van der Waals surface area contributed by atoms with Crippen LogP contribution in [0.1, 0.15) is 36.6 Å². The minimum Gasteiger partial charge on any atom is -0.450 e. The SMILES string of the molecule is CCOC(=O)N1CC[NH+](CC(=O)N[C@H](C)c2ccc(C)c(C)c2)CC1. The molecule has 25 heavy (non-hydrogen) atoms. The second kappa shape index (κ2) is 8.85. The van der Waals surface area contributed by atoms with Crippen molar-refractivity contribution in [1.29, 1.82) is 0 Å². The Morgan fingerprint density at radius 3 is 2.52 bits per heavy atom. The number of nitrogens with one attached hydrogen (secondary N) is 2. The third-order valence-electron chi connectivity index (χ3n) is 4.82. The second-order valence-electron chi connectivity index (χ2n) is 6.75. The van der Waals surface area contributed by atoms with Crippen LogP contribution in [-0.4, -0.2) is 56.2 Å². The molecule has 2 rings (SSSR count). The first-order valence-electron chi connectivity index (χ1n) is 9.02. The van der Waals surface area contributed by atoms with Gasteiger partial charge in [-0.1, -0.05) is 18.2 Å². The predicted molar refractivity (Wildman–Crippen MR) is 96.6 cm³/mol. The first kappa shape index (κ1) is 19.2. The van der Waals surface area contributed by atoms with Crippen LogP contribution in [0.3, 0.4) is 0 Å². The molecule has 2 N–H and O–H groups in total. The van der Waals surface area contributed by atoms with E-state index in [1.807, 2.05) is 6.92 Å². The summed E-state index contributed by atoms with van der Waals surface area (Å²) in [5.74, 6) is 0.0466. The number of piperazine rings is 1. The fourth-order valence-electron chi connectivity index (χ4n) is 3.03. The van der Waals surface area contributed by atoms with Crippen molar-refractivity contribution >= 4 is 12.0 Å². The summed E-state index contributed by atoms with van der Waals surface area (Å²) in [4.78, 5) is 26.9. The molecule has 1 aliphatic rings. The first-order valence-corrected chi connectivity index (χ1v) is 9.02. The van der Waals surface area contributed by atoms with Gasteiger partial charge in [-0.2, -0.15) is 0 Å². The maximum Gasteiger partial charge on any atom is 0.410 e. The molecule has 1 fully saturated rings. The van der Waals surface area contributed by atoms with Crippen molar-refractivity contribution in [3.8, 4) is 0 Å². The van der Waals surface area contributed by atoms with Crippen LogP contribution in [0.2, 0.25) is 0 Å². The summed E-state index contributed by atoms with van der Waals surface area (Å²) in [6.45, 7) is 11.6. The summed E-state index contributed by atoms with van der Waals surface area (Å²) >= 11 is 0. The van der Waals surface area contributed by atoms with E-state index in [0.29, 0.717) is 26.2 Å². The monoisotopic (exact) mass is 348 g/mol. The van der Waals surface area contributed by atoms with E-state index in [9.17, 15) is 9.59 Å². The van der Waals surface area contributed by atoms with Gasteiger partial charge in [0.2, 0.25) is 0 Å². The van der Waals surface area contributed by atoms with Crippen molar-refractivity contribution in [2.24, 2.45) is 0 Å². The van der Waals surface area contributed by atoms with Crippen molar-refractivity contribution in [3.05, 3.63) is 34.9 Å². The number of hydrogen-bond acceptors (Lipinski definition) is 3. The van der Waals surface area contributed by atoms with E-state index in [0.717, 1.165) is 18.7 Å². The summed E-state index contributed by atoms with van der Waals surface area (Å²) in [6, 6.07) is 6.28. The predicted octanol–water partition coefficient (Wildman–Crippen LogP) is 0.838. The highest BCUT2D eigenvalue weighted by molar-refractivity contribution is 5.77. The van der Waals surface area contributed by atoms with Crippen molar-refractivity contribution in [2.45, 2.75) is 33.7 Å². The third-order valence-corrected chi connectivity index (χ3v) is 4.82. The van der Waals surface area contributed by atoms with Gasteiger partial charge in [0.25, 0.3) is 5.91 Å². The largest absolute Gasteiger partial charge is 0.450 e. The number of carbonyl (C=O) groups excluding carboxylic acids is 2. The molecule has 6 nitrogen and oxygen atoms in total. The topological polar surface area (TPSA) is 63.1 Å². The average Bonchev–Trinajstić information content (AvgIpc) is 2.58. The van der Waals surface area contributed by atoms with E-state index in [2.05, 4.69) is 37.4 Å². The van der Waals surface area contributed by atoms with E-state index in [1.54, 1.807) is 11.8 Å². The number of nitrogens with zero attached hydrogens (tertiary/aromatic N) is 1. The van der Waals surface area contributed by atoms with Crippen molar-refractivity contribution in [1.82, 2.24) is 10.2 Å². The molecule has 0 unspecified atom stereocenters. The molecule has 1 aromatic carbocycles. The summed E-state index contributed by atoms with van der Waals surface area (Å²) in [6.07, 6.45) is -0.255. The van der Waals surface area contributed by atoms with E-state index in [-0.39, 0.29) is 18.0 Å². The van der Waals surface area contributed by atoms with E-state index in [4.69, 9.17) is 4.74 Å². The lowest BCUT2D eigenvalue weighted by Crippen LogP contribution is -3.15. The van der Waals surface area contributed by atoms with Crippen LogP contribution in [0, 0.1) is 13.8 Å². The molecule has 0 aromatic heterocycles. The number of carbonyl (C=O) groups is 2. The summed E-state index contributed by atoms with van der Waals surface area (Å²) < 4.78 is 5.02. The Labute approximate surface area is 150 Å². The zero-order valence-electron chi connectivity index (χ0n) is 15.7. The van der Waals surface area contributed by atoms with E-state index >= 15 is 0 Å². The highest BCUT2D eigenvalue weighted by Crippen LogP contribution is 2.16. The third kappa shape index (κ3) is 5.46. The first-order chi connectivity index (χ1) is 11.9. The van der Waals surface area contributed by atoms with Crippen LogP contribution in [0.25, 0.3) is 0 Å². The van der Waals surface area contributed by atoms with Crippen LogP contribution in [0.15, 0.2) is 18.2 Å². The highest BCUT2D eigenvalue weighted by Gasteiger charge is 2.26. The van der Waals surface area contributed by atoms with Gasteiger partial charge in [0, 0.05) is 0 Å².